The fraction of sp³-hybridized carbons (Fsp3) is 0.176. The second kappa shape index (κ2) is 6.56. The quantitative estimate of drug-likeness (QED) is 0.943. The van der Waals surface area contributed by atoms with Gasteiger partial charge < -0.3 is 10.2 Å². The first-order valence-corrected chi connectivity index (χ1v) is 7.13. The SMILES string of the molecule is O=C(NCc1ccc(F)cc1)[C@H]1CC(c2ccccc2F)=NO1. The van der Waals surface area contributed by atoms with Crippen LogP contribution in [0.15, 0.2) is 53.7 Å². The van der Waals surface area contributed by atoms with E-state index in [0.29, 0.717) is 11.3 Å². The number of nitrogens with one attached hydrogen (secondary N) is 1. The summed E-state index contributed by atoms with van der Waals surface area (Å²) in [6.45, 7) is 0.258. The minimum absolute atomic E-state index is 0.205. The molecule has 118 valence electrons. The second-order valence-electron chi connectivity index (χ2n) is 5.16. The smallest absolute Gasteiger partial charge is 0.264 e. The van der Waals surface area contributed by atoms with E-state index in [9.17, 15) is 13.6 Å². The maximum atomic E-state index is 13.7. The summed E-state index contributed by atoms with van der Waals surface area (Å²) >= 11 is 0. The summed E-state index contributed by atoms with van der Waals surface area (Å²) in [5.74, 6) is -1.08. The minimum Gasteiger partial charge on any atom is -0.382 e. The number of hydrogen-bond acceptors (Lipinski definition) is 3. The predicted molar refractivity (Wildman–Crippen MR) is 80.7 cm³/mol. The molecule has 0 unspecified atom stereocenters. The Morgan fingerprint density at radius 1 is 1.17 bits per heavy atom. The molecule has 0 spiro atoms. The van der Waals surface area contributed by atoms with Crippen molar-refractivity contribution in [1.29, 1.82) is 0 Å². The van der Waals surface area contributed by atoms with Crippen LogP contribution in [0.5, 0.6) is 0 Å². The molecule has 0 aliphatic carbocycles. The van der Waals surface area contributed by atoms with E-state index in [1.165, 1.54) is 18.2 Å². The molecule has 1 aliphatic heterocycles. The van der Waals surface area contributed by atoms with Gasteiger partial charge in [0.25, 0.3) is 5.91 Å². The first-order valence-electron chi connectivity index (χ1n) is 7.13. The van der Waals surface area contributed by atoms with Crippen LogP contribution in [-0.4, -0.2) is 17.7 Å². The molecule has 1 amide bonds. The van der Waals surface area contributed by atoms with E-state index < -0.39 is 11.9 Å². The third-order valence-corrected chi connectivity index (χ3v) is 3.53. The molecule has 0 saturated heterocycles. The van der Waals surface area contributed by atoms with Gasteiger partial charge >= 0.3 is 0 Å². The van der Waals surface area contributed by atoms with E-state index in [-0.39, 0.29) is 24.7 Å². The Morgan fingerprint density at radius 2 is 1.91 bits per heavy atom. The topological polar surface area (TPSA) is 50.7 Å². The van der Waals surface area contributed by atoms with Gasteiger partial charge in [-0.15, -0.1) is 0 Å². The number of hydrogen-bond donors (Lipinski definition) is 1. The first-order chi connectivity index (χ1) is 11.1. The monoisotopic (exact) mass is 316 g/mol. The van der Waals surface area contributed by atoms with Crippen LogP contribution in [0.1, 0.15) is 17.5 Å². The average molecular weight is 316 g/mol. The molecule has 23 heavy (non-hydrogen) atoms. The number of nitrogens with zero attached hydrogens (tertiary/aromatic N) is 1. The molecule has 0 aromatic heterocycles. The van der Waals surface area contributed by atoms with Gasteiger partial charge in [-0.2, -0.15) is 0 Å². The zero-order valence-corrected chi connectivity index (χ0v) is 12.1. The number of carbonyl (C=O) groups excluding carboxylic acids is 1. The lowest BCUT2D eigenvalue weighted by Crippen LogP contribution is -2.34. The number of oxime groups is 1. The highest BCUT2D eigenvalue weighted by molar-refractivity contribution is 6.04. The highest BCUT2D eigenvalue weighted by Crippen LogP contribution is 2.19. The van der Waals surface area contributed by atoms with E-state index in [1.807, 2.05) is 0 Å². The van der Waals surface area contributed by atoms with Crippen LogP contribution < -0.4 is 5.32 Å². The van der Waals surface area contributed by atoms with E-state index in [4.69, 9.17) is 4.84 Å². The van der Waals surface area contributed by atoms with Crippen LogP contribution in [0.2, 0.25) is 0 Å². The van der Waals surface area contributed by atoms with Gasteiger partial charge in [0.15, 0.2) is 0 Å². The maximum absolute atomic E-state index is 13.7. The molecule has 1 N–H and O–H groups in total. The summed E-state index contributed by atoms with van der Waals surface area (Å²) in [5, 5.41) is 6.50. The third kappa shape index (κ3) is 3.53. The van der Waals surface area contributed by atoms with Gasteiger partial charge in [0.1, 0.15) is 11.6 Å². The van der Waals surface area contributed by atoms with E-state index in [0.717, 1.165) is 5.56 Å². The number of amides is 1. The normalized spacial score (nSPS) is 16.6. The van der Waals surface area contributed by atoms with Gasteiger partial charge in [-0.25, -0.2) is 8.78 Å². The second-order valence-corrected chi connectivity index (χ2v) is 5.16. The molecular weight excluding hydrogens is 302 g/mol. The lowest BCUT2D eigenvalue weighted by atomic mass is 10.0. The molecule has 1 heterocycles. The van der Waals surface area contributed by atoms with Crippen LogP contribution in [-0.2, 0) is 16.2 Å². The van der Waals surface area contributed by atoms with Crippen molar-refractivity contribution in [3.8, 4) is 0 Å². The Balaban J connectivity index is 1.56. The van der Waals surface area contributed by atoms with Crippen LogP contribution >= 0.6 is 0 Å². The molecule has 0 saturated carbocycles. The van der Waals surface area contributed by atoms with Gasteiger partial charge in [0.2, 0.25) is 6.10 Å². The summed E-state index contributed by atoms with van der Waals surface area (Å²) < 4.78 is 26.5. The Morgan fingerprint density at radius 3 is 2.65 bits per heavy atom. The van der Waals surface area contributed by atoms with Crippen LogP contribution in [0, 0.1) is 11.6 Å². The van der Waals surface area contributed by atoms with Crippen molar-refractivity contribution >= 4 is 11.6 Å². The third-order valence-electron chi connectivity index (χ3n) is 3.53. The standard InChI is InChI=1S/C17H14F2N2O2/c18-12-7-5-11(6-8-12)10-20-17(22)16-9-15(21-23-16)13-3-1-2-4-14(13)19/h1-8,16H,9-10H2,(H,20,22)/t16-/m1/s1. The van der Waals surface area contributed by atoms with Crippen LogP contribution in [0.3, 0.4) is 0 Å². The summed E-state index contributed by atoms with van der Waals surface area (Å²) in [6, 6.07) is 12.0. The highest BCUT2D eigenvalue weighted by atomic mass is 19.1. The van der Waals surface area contributed by atoms with Crippen molar-refractivity contribution in [2.75, 3.05) is 0 Å². The molecule has 2 aromatic rings. The largest absolute Gasteiger partial charge is 0.382 e. The van der Waals surface area contributed by atoms with Crippen molar-refractivity contribution in [3.05, 3.63) is 71.3 Å². The van der Waals surface area contributed by atoms with Gasteiger partial charge in [0, 0.05) is 18.5 Å². The fourth-order valence-corrected chi connectivity index (χ4v) is 2.28. The molecule has 3 rings (SSSR count). The fourth-order valence-electron chi connectivity index (χ4n) is 2.28. The zero-order valence-electron chi connectivity index (χ0n) is 12.1. The molecule has 0 fully saturated rings. The number of carbonyl (C=O) groups is 1. The van der Waals surface area contributed by atoms with Crippen LogP contribution in [0.25, 0.3) is 0 Å². The molecule has 2 aromatic carbocycles. The Labute approximate surface area is 131 Å². The zero-order chi connectivity index (χ0) is 16.2. The van der Waals surface area contributed by atoms with Crippen LogP contribution in [0.4, 0.5) is 8.78 Å². The van der Waals surface area contributed by atoms with Crippen molar-refractivity contribution < 1.29 is 18.4 Å². The van der Waals surface area contributed by atoms with Gasteiger partial charge in [-0.05, 0) is 23.8 Å². The van der Waals surface area contributed by atoms with Crippen molar-refractivity contribution in [2.24, 2.45) is 5.16 Å². The lowest BCUT2D eigenvalue weighted by molar-refractivity contribution is -0.131. The number of halogens is 2. The summed E-state index contributed by atoms with van der Waals surface area (Å²) in [6.07, 6.45) is -0.582. The average Bonchev–Trinajstić information content (AvgIpc) is 3.04. The molecule has 0 bridgehead atoms. The minimum atomic E-state index is -0.787. The molecule has 0 radical (unpaired) electrons. The summed E-state index contributed by atoms with van der Waals surface area (Å²) in [4.78, 5) is 17.2. The predicted octanol–water partition coefficient (Wildman–Crippen LogP) is 2.77. The van der Waals surface area contributed by atoms with E-state index in [2.05, 4.69) is 10.5 Å². The molecule has 1 aliphatic rings. The summed E-state index contributed by atoms with van der Waals surface area (Å²) in [7, 11) is 0. The highest BCUT2D eigenvalue weighted by Gasteiger charge is 2.29. The molecule has 4 nitrogen and oxygen atoms in total. The Bertz CT molecular complexity index is 745. The molecular formula is C17H14F2N2O2. The lowest BCUT2D eigenvalue weighted by Gasteiger charge is -2.09. The number of benzene rings is 2. The summed E-state index contributed by atoms with van der Waals surface area (Å²) in [5.41, 5.74) is 1.51. The first kappa shape index (κ1) is 15.1. The van der Waals surface area contributed by atoms with Gasteiger partial charge in [-0.1, -0.05) is 35.5 Å². The van der Waals surface area contributed by atoms with Gasteiger partial charge in [0.05, 0.1) is 5.71 Å². The molecule has 1 atom stereocenters. The van der Waals surface area contributed by atoms with Gasteiger partial charge in [-0.3, -0.25) is 4.79 Å². The number of rotatable bonds is 4. The van der Waals surface area contributed by atoms with Crippen molar-refractivity contribution in [3.63, 3.8) is 0 Å². The Kier molecular flexibility index (Phi) is 4.32. The maximum Gasteiger partial charge on any atom is 0.264 e. The van der Waals surface area contributed by atoms with E-state index >= 15 is 0 Å². The molecule has 6 heteroatoms. The van der Waals surface area contributed by atoms with Crippen molar-refractivity contribution in [1.82, 2.24) is 5.32 Å². The van der Waals surface area contributed by atoms with Crippen molar-refractivity contribution in [2.45, 2.75) is 19.1 Å². The Hall–Kier alpha value is -2.76. The van der Waals surface area contributed by atoms with E-state index in [1.54, 1.807) is 30.3 Å².